The van der Waals surface area contributed by atoms with Gasteiger partial charge in [0, 0.05) is 14.1 Å². The van der Waals surface area contributed by atoms with E-state index in [-0.39, 0.29) is 11.7 Å². The number of hydrogen-bond donors (Lipinski definition) is 2. The number of carbonyl (C=O) groups excluding carboxylic acids is 1. The van der Waals surface area contributed by atoms with Gasteiger partial charge in [0.25, 0.3) is 0 Å². The second-order valence-electron chi connectivity index (χ2n) is 5.92. The summed E-state index contributed by atoms with van der Waals surface area (Å²) in [5.74, 6) is -0.473. The average molecular weight is 277 g/mol. The predicted octanol–water partition coefficient (Wildman–Crippen LogP) is 2.26. The van der Waals surface area contributed by atoms with Gasteiger partial charge in [-0.2, -0.15) is 0 Å². The third-order valence-electron chi connectivity index (χ3n) is 4.17. The predicted molar refractivity (Wildman–Crippen MR) is 77.6 cm³/mol. The van der Waals surface area contributed by atoms with Crippen LogP contribution in [0.3, 0.4) is 0 Å². The summed E-state index contributed by atoms with van der Waals surface area (Å²) in [6.45, 7) is 0. The van der Waals surface area contributed by atoms with E-state index in [0.717, 1.165) is 24.8 Å². The molecule has 1 aliphatic rings. The first kappa shape index (κ1) is 14.9. The highest BCUT2D eigenvalue weighted by Crippen LogP contribution is 2.41. The zero-order chi connectivity index (χ0) is 14.8. The lowest BCUT2D eigenvalue weighted by Crippen LogP contribution is -2.46. The molecule has 110 valence electrons. The van der Waals surface area contributed by atoms with Crippen LogP contribution < -0.4 is 0 Å². The maximum atomic E-state index is 12.5. The molecule has 20 heavy (non-hydrogen) atoms. The second-order valence-corrected chi connectivity index (χ2v) is 5.92. The normalized spacial score (nSPS) is 19.4. The van der Waals surface area contributed by atoms with Gasteiger partial charge < -0.3 is 15.1 Å². The van der Waals surface area contributed by atoms with E-state index in [1.165, 1.54) is 4.90 Å². The first-order valence-corrected chi connectivity index (χ1v) is 7.16. The van der Waals surface area contributed by atoms with Gasteiger partial charge in [-0.15, -0.1) is 0 Å². The number of aliphatic hydroxyl groups is 1. The molecule has 1 aromatic carbocycles. The van der Waals surface area contributed by atoms with Crippen molar-refractivity contribution in [2.75, 3.05) is 14.1 Å². The van der Waals surface area contributed by atoms with Crippen LogP contribution in [0.25, 0.3) is 0 Å². The Balaban J connectivity index is 2.38. The number of hydrogen-bond acceptors (Lipinski definition) is 3. The molecule has 1 aromatic rings. The molecule has 1 aliphatic carbocycles. The molecule has 0 saturated heterocycles. The topological polar surface area (TPSA) is 60.8 Å². The number of rotatable bonds is 3. The number of amides is 1. The molecule has 2 N–H and O–H groups in total. The van der Waals surface area contributed by atoms with Gasteiger partial charge in [0.05, 0.1) is 11.5 Å². The third kappa shape index (κ3) is 2.96. The van der Waals surface area contributed by atoms with Crippen molar-refractivity contribution in [1.82, 2.24) is 4.90 Å². The van der Waals surface area contributed by atoms with Crippen LogP contribution in [-0.2, 0) is 4.79 Å². The molecule has 1 fully saturated rings. The highest BCUT2D eigenvalue weighted by Gasteiger charge is 2.43. The van der Waals surface area contributed by atoms with Gasteiger partial charge in [-0.3, -0.25) is 4.79 Å². The van der Waals surface area contributed by atoms with Gasteiger partial charge in [-0.05, 0) is 30.5 Å². The van der Waals surface area contributed by atoms with E-state index in [1.54, 1.807) is 38.4 Å². The molecular formula is C16H23NO3. The van der Waals surface area contributed by atoms with E-state index in [9.17, 15) is 15.0 Å². The summed E-state index contributed by atoms with van der Waals surface area (Å²) in [6, 6.07) is 6.59. The van der Waals surface area contributed by atoms with Crippen LogP contribution in [0.4, 0.5) is 0 Å². The molecule has 0 aliphatic heterocycles. The smallest absolute Gasteiger partial charge is 0.232 e. The van der Waals surface area contributed by atoms with E-state index in [2.05, 4.69) is 0 Å². The molecule has 2 rings (SSSR count). The van der Waals surface area contributed by atoms with Gasteiger partial charge in [-0.1, -0.05) is 31.4 Å². The standard InChI is InChI=1S/C16H23NO3/c1-17(2)15(19)14(12-6-8-13(18)9-7-12)16(20)10-4-3-5-11-16/h6-9,14,18,20H,3-5,10-11H2,1-2H3/t14-/m0/s1. The lowest BCUT2D eigenvalue weighted by molar-refractivity contribution is -0.139. The van der Waals surface area contributed by atoms with E-state index in [1.807, 2.05) is 0 Å². The summed E-state index contributed by atoms with van der Waals surface area (Å²) >= 11 is 0. The number of nitrogens with zero attached hydrogens (tertiary/aromatic N) is 1. The highest BCUT2D eigenvalue weighted by molar-refractivity contribution is 5.84. The van der Waals surface area contributed by atoms with Gasteiger partial charge in [-0.25, -0.2) is 0 Å². The largest absolute Gasteiger partial charge is 0.508 e. The van der Waals surface area contributed by atoms with E-state index < -0.39 is 11.5 Å². The Morgan fingerprint density at radius 1 is 1.15 bits per heavy atom. The number of aromatic hydroxyl groups is 1. The Hall–Kier alpha value is -1.55. The molecule has 0 radical (unpaired) electrons. The number of phenolic OH excluding ortho intramolecular Hbond substituents is 1. The van der Waals surface area contributed by atoms with Crippen molar-refractivity contribution in [3.63, 3.8) is 0 Å². The monoisotopic (exact) mass is 277 g/mol. The Morgan fingerprint density at radius 2 is 1.70 bits per heavy atom. The van der Waals surface area contributed by atoms with Gasteiger partial charge in [0.2, 0.25) is 5.91 Å². The molecule has 1 saturated carbocycles. The first-order valence-electron chi connectivity index (χ1n) is 7.16. The first-order chi connectivity index (χ1) is 9.44. The van der Waals surface area contributed by atoms with Gasteiger partial charge >= 0.3 is 0 Å². The molecule has 4 nitrogen and oxygen atoms in total. The van der Waals surface area contributed by atoms with Crippen LogP contribution in [0.5, 0.6) is 5.75 Å². The molecule has 4 heteroatoms. The minimum Gasteiger partial charge on any atom is -0.508 e. The van der Waals surface area contributed by atoms with E-state index in [4.69, 9.17) is 0 Å². The number of benzene rings is 1. The van der Waals surface area contributed by atoms with Gasteiger partial charge in [0.1, 0.15) is 5.75 Å². The van der Waals surface area contributed by atoms with Crippen molar-refractivity contribution in [3.8, 4) is 5.75 Å². The van der Waals surface area contributed by atoms with Crippen LogP contribution in [0.2, 0.25) is 0 Å². The third-order valence-corrected chi connectivity index (χ3v) is 4.17. The zero-order valence-corrected chi connectivity index (χ0v) is 12.2. The minimum absolute atomic E-state index is 0.0833. The maximum absolute atomic E-state index is 12.5. The van der Waals surface area contributed by atoms with E-state index in [0.29, 0.717) is 12.8 Å². The summed E-state index contributed by atoms with van der Waals surface area (Å²) in [5, 5.41) is 20.4. The van der Waals surface area contributed by atoms with Crippen molar-refractivity contribution in [2.24, 2.45) is 0 Å². The van der Waals surface area contributed by atoms with Crippen LogP contribution in [-0.4, -0.2) is 40.7 Å². The quantitative estimate of drug-likeness (QED) is 0.891. The number of phenols is 1. The fraction of sp³-hybridized carbons (Fsp3) is 0.562. The summed E-state index contributed by atoms with van der Waals surface area (Å²) in [7, 11) is 3.42. The Labute approximate surface area is 120 Å². The van der Waals surface area contributed by atoms with Crippen molar-refractivity contribution in [1.29, 1.82) is 0 Å². The van der Waals surface area contributed by atoms with Crippen LogP contribution >= 0.6 is 0 Å². The molecule has 0 bridgehead atoms. The Kier molecular flexibility index (Phi) is 4.33. The molecule has 1 amide bonds. The van der Waals surface area contributed by atoms with Crippen LogP contribution in [0.15, 0.2) is 24.3 Å². The fourth-order valence-corrected chi connectivity index (χ4v) is 3.06. The number of carbonyl (C=O) groups is 1. The second kappa shape index (κ2) is 5.83. The summed E-state index contributed by atoms with van der Waals surface area (Å²) in [5.41, 5.74) is -0.206. The fourth-order valence-electron chi connectivity index (χ4n) is 3.06. The molecule has 0 aromatic heterocycles. The lowest BCUT2D eigenvalue weighted by atomic mass is 9.72. The van der Waals surface area contributed by atoms with Crippen molar-refractivity contribution in [3.05, 3.63) is 29.8 Å². The summed E-state index contributed by atoms with van der Waals surface area (Å²) in [6.07, 6.45) is 4.31. The Bertz CT molecular complexity index is 461. The average Bonchev–Trinajstić information content (AvgIpc) is 2.41. The molecule has 0 unspecified atom stereocenters. The summed E-state index contributed by atoms with van der Waals surface area (Å²) < 4.78 is 0. The number of likely N-dealkylation sites (N-methyl/N-ethyl adjacent to an activating group) is 1. The minimum atomic E-state index is -0.976. The zero-order valence-electron chi connectivity index (χ0n) is 12.2. The Morgan fingerprint density at radius 3 is 2.20 bits per heavy atom. The van der Waals surface area contributed by atoms with Crippen molar-refractivity contribution in [2.45, 2.75) is 43.6 Å². The summed E-state index contributed by atoms with van der Waals surface area (Å²) in [4.78, 5) is 14.1. The van der Waals surface area contributed by atoms with E-state index >= 15 is 0 Å². The highest BCUT2D eigenvalue weighted by atomic mass is 16.3. The molecule has 1 atom stereocenters. The van der Waals surface area contributed by atoms with Crippen molar-refractivity contribution < 1.29 is 15.0 Å². The van der Waals surface area contributed by atoms with Crippen LogP contribution in [0, 0.1) is 0 Å². The van der Waals surface area contributed by atoms with Crippen molar-refractivity contribution >= 4 is 5.91 Å². The molecular weight excluding hydrogens is 254 g/mol. The lowest BCUT2D eigenvalue weighted by Gasteiger charge is -2.39. The SMILES string of the molecule is CN(C)C(=O)[C@H](c1ccc(O)cc1)C1(O)CCCCC1. The maximum Gasteiger partial charge on any atom is 0.232 e. The molecule has 0 heterocycles. The molecule has 0 spiro atoms. The van der Waals surface area contributed by atoms with Gasteiger partial charge in [0.15, 0.2) is 0 Å². The van der Waals surface area contributed by atoms with Crippen LogP contribution in [0.1, 0.15) is 43.6 Å².